The maximum absolute atomic E-state index is 14.3. The number of hydrogen-bond donors (Lipinski definition) is 16. The number of aliphatic hydroxyl groups is 1. The van der Waals surface area contributed by atoms with Crippen LogP contribution in [0.1, 0.15) is 95.6 Å². The summed E-state index contributed by atoms with van der Waals surface area (Å²) in [5.74, 6) is -7.36. The first-order valence-electron chi connectivity index (χ1n) is 27.3. The Balaban J connectivity index is 2.35. The molecule has 0 aliphatic carbocycles. The molecule has 9 atom stereocenters. The van der Waals surface area contributed by atoms with E-state index in [0.717, 1.165) is 0 Å². The number of benzene rings is 2. The molecular weight excluding hydrogens is 1090 g/mol. The summed E-state index contributed by atoms with van der Waals surface area (Å²) >= 11 is 2.78. The van der Waals surface area contributed by atoms with Crippen LogP contribution < -0.4 is 65.5 Å². The fourth-order valence-corrected chi connectivity index (χ4v) is 9.17. The van der Waals surface area contributed by atoms with E-state index in [2.05, 4.69) is 42.5 Å². The third-order valence-electron chi connectivity index (χ3n) is 13.0. The summed E-state index contributed by atoms with van der Waals surface area (Å²) < 4.78 is 0. The molecule has 27 heteroatoms. The van der Waals surface area contributed by atoms with Gasteiger partial charge in [-0.3, -0.25) is 38.4 Å². The van der Waals surface area contributed by atoms with Gasteiger partial charge in [-0.15, -0.1) is 0 Å². The fraction of sp³-hybridized carbons (Fsp3) is 0.611. The van der Waals surface area contributed by atoms with Gasteiger partial charge in [0.05, 0.1) is 12.6 Å². The summed E-state index contributed by atoms with van der Waals surface area (Å²) in [6.07, 6.45) is 6.50. The minimum atomic E-state index is -1.51. The number of rotatable bonds is 41. The molecule has 0 saturated heterocycles. The van der Waals surface area contributed by atoms with Crippen molar-refractivity contribution < 1.29 is 63.6 Å². The average Bonchev–Trinajstić information content (AvgIpc) is 3.44. The first kappa shape index (κ1) is 70.9. The Morgan fingerprint density at radius 2 is 0.765 bits per heavy atom. The Bertz CT molecular complexity index is 2290. The van der Waals surface area contributed by atoms with E-state index in [0.29, 0.717) is 67.7 Å². The maximum Gasteiger partial charge on any atom is 0.326 e. The predicted molar refractivity (Wildman–Crippen MR) is 311 cm³/mol. The Morgan fingerprint density at radius 1 is 0.444 bits per heavy atom. The lowest BCUT2D eigenvalue weighted by molar-refractivity contribution is -0.142. The summed E-state index contributed by atoms with van der Waals surface area (Å²) in [5.41, 5.74) is 24.5. The molecule has 0 fully saturated rings. The molecule has 0 spiro atoms. The zero-order chi connectivity index (χ0) is 60.4. The molecule has 2 rings (SSSR count). The standard InChI is InChI=1S/C54H88N12O13S2/c1-32(2)45(66-52(76)44(31-67)65-46(70)37(58)29-33-14-18-35(68)19-15-33)53(77)63-40(13-7-10-26-57)48(72)62-42(23-28-81-4)50(74)59-38(11-5-8-24-55)47(71)61-41(22-27-80-3)51(75)60-39(12-6-9-25-56)49(73)64-43(54(78)79)30-34-16-20-36(69)21-17-34/h14-21,32,37-45,67-69H,5-13,22-31,55-58H2,1-4H3,(H,59,74)(H,60,75)(H,61,71)(H,62,72)(H,63,77)(H,64,73)(H,65,70)(H,66,76)(H,78,79)/t37-,38-,39-,40-,41-,42-,43-,44-,45-/m0/s1. The van der Waals surface area contributed by atoms with Gasteiger partial charge in [-0.25, -0.2) is 4.79 Å². The lowest BCUT2D eigenvalue weighted by atomic mass is 10.0. The van der Waals surface area contributed by atoms with Gasteiger partial charge in [0.1, 0.15) is 59.8 Å². The van der Waals surface area contributed by atoms with Crippen molar-refractivity contribution in [3.05, 3.63) is 59.7 Å². The van der Waals surface area contributed by atoms with Crippen molar-refractivity contribution in [1.82, 2.24) is 42.5 Å². The van der Waals surface area contributed by atoms with Gasteiger partial charge in [-0.05, 0) is 162 Å². The van der Waals surface area contributed by atoms with E-state index in [1.165, 1.54) is 59.9 Å². The summed E-state index contributed by atoms with van der Waals surface area (Å²) in [4.78, 5) is 124. The van der Waals surface area contributed by atoms with E-state index < -0.39 is 120 Å². The number of aromatic hydroxyl groups is 2. The average molecular weight is 1180 g/mol. The highest BCUT2D eigenvalue weighted by atomic mass is 32.2. The van der Waals surface area contributed by atoms with Gasteiger partial charge in [0, 0.05) is 6.42 Å². The van der Waals surface area contributed by atoms with Crippen molar-refractivity contribution in [2.45, 2.75) is 152 Å². The number of amides is 8. The monoisotopic (exact) mass is 1180 g/mol. The van der Waals surface area contributed by atoms with Crippen molar-refractivity contribution in [2.75, 3.05) is 50.3 Å². The number of carboxylic acid groups (broad SMARTS) is 1. The van der Waals surface area contributed by atoms with E-state index in [9.17, 15) is 63.6 Å². The lowest BCUT2D eigenvalue weighted by Crippen LogP contribution is -2.61. The molecule has 454 valence electrons. The molecule has 0 aromatic heterocycles. The van der Waals surface area contributed by atoms with Gasteiger partial charge >= 0.3 is 5.97 Å². The smallest absolute Gasteiger partial charge is 0.326 e. The van der Waals surface area contributed by atoms with E-state index in [1.54, 1.807) is 38.5 Å². The quantitative estimate of drug-likeness (QED) is 0.0345. The topological polar surface area (TPSA) is 435 Å². The number of aliphatic hydroxyl groups excluding tert-OH is 1. The summed E-state index contributed by atoms with van der Waals surface area (Å²) in [7, 11) is 0. The van der Waals surface area contributed by atoms with E-state index in [-0.39, 0.29) is 69.5 Å². The Labute approximate surface area is 482 Å². The van der Waals surface area contributed by atoms with Crippen molar-refractivity contribution >= 4 is 76.8 Å². The number of nitrogens with two attached hydrogens (primary N) is 4. The van der Waals surface area contributed by atoms with Crippen LogP contribution in [0, 0.1) is 5.92 Å². The number of carbonyl (C=O) groups is 9. The van der Waals surface area contributed by atoms with Gasteiger partial charge < -0.3 is 85.9 Å². The van der Waals surface area contributed by atoms with Crippen LogP contribution in [-0.2, 0) is 56.0 Å². The predicted octanol–water partition coefficient (Wildman–Crippen LogP) is -1.29. The number of phenols is 2. The highest BCUT2D eigenvalue weighted by molar-refractivity contribution is 7.98. The van der Waals surface area contributed by atoms with Gasteiger partial charge in [0.25, 0.3) is 0 Å². The van der Waals surface area contributed by atoms with Crippen molar-refractivity contribution in [3.8, 4) is 11.5 Å². The molecule has 0 aliphatic rings. The first-order chi connectivity index (χ1) is 38.6. The first-order valence-corrected chi connectivity index (χ1v) is 30.1. The van der Waals surface area contributed by atoms with Crippen LogP contribution in [0.2, 0.25) is 0 Å². The lowest BCUT2D eigenvalue weighted by Gasteiger charge is -2.29. The summed E-state index contributed by atoms with van der Waals surface area (Å²) in [6, 6.07) is 0.295. The molecule has 81 heavy (non-hydrogen) atoms. The van der Waals surface area contributed by atoms with Gasteiger partial charge in [0.15, 0.2) is 0 Å². The Morgan fingerprint density at radius 3 is 1.10 bits per heavy atom. The number of aliphatic carboxylic acids is 1. The second-order valence-corrected chi connectivity index (χ2v) is 21.9. The van der Waals surface area contributed by atoms with E-state index in [1.807, 2.05) is 0 Å². The van der Waals surface area contributed by atoms with Crippen LogP contribution in [0.25, 0.3) is 0 Å². The molecule has 0 heterocycles. The van der Waals surface area contributed by atoms with Gasteiger partial charge in [0.2, 0.25) is 47.3 Å². The second kappa shape index (κ2) is 39.2. The van der Waals surface area contributed by atoms with Crippen LogP contribution >= 0.6 is 23.5 Å². The minimum Gasteiger partial charge on any atom is -0.508 e. The maximum atomic E-state index is 14.3. The van der Waals surface area contributed by atoms with Crippen molar-refractivity contribution in [2.24, 2.45) is 28.9 Å². The Hall–Kier alpha value is -6.23. The summed E-state index contributed by atoms with van der Waals surface area (Å²) in [6.45, 7) is 3.26. The SMILES string of the molecule is CSCC[C@H](NC(=O)[C@H](CCCCN)NC(=O)[C@H](CCSC)NC(=O)[C@H](CCCCN)NC(=O)[C@@H](NC(=O)[C@H](CO)NC(=O)[C@@H](N)Cc1ccc(O)cc1)C(C)C)C(=O)N[C@@H](CCCCN)C(=O)N[C@@H](Cc1ccc(O)cc1)C(=O)O. The number of phenolic OH excluding ortho intramolecular Hbond substituents is 2. The van der Waals surface area contributed by atoms with E-state index >= 15 is 0 Å². The van der Waals surface area contributed by atoms with Gasteiger partial charge in [-0.1, -0.05) is 38.1 Å². The Kier molecular flexibility index (Phi) is 34.3. The normalized spacial score (nSPS) is 14.5. The molecule has 8 amide bonds. The third kappa shape index (κ3) is 26.9. The van der Waals surface area contributed by atoms with Crippen LogP contribution in [0.15, 0.2) is 48.5 Å². The van der Waals surface area contributed by atoms with Crippen molar-refractivity contribution in [1.29, 1.82) is 0 Å². The number of thioether (sulfide) groups is 2. The summed E-state index contributed by atoms with van der Waals surface area (Å²) in [5, 5.41) is 60.5. The number of hydrogen-bond acceptors (Lipinski definition) is 18. The fourth-order valence-electron chi connectivity index (χ4n) is 8.23. The minimum absolute atomic E-state index is 0.0213. The molecule has 20 N–H and O–H groups in total. The highest BCUT2D eigenvalue weighted by Crippen LogP contribution is 2.15. The largest absolute Gasteiger partial charge is 0.508 e. The van der Waals surface area contributed by atoms with Crippen molar-refractivity contribution in [3.63, 3.8) is 0 Å². The molecular formula is C54H88N12O13S2. The molecule has 0 aliphatic heterocycles. The van der Waals surface area contributed by atoms with Crippen LogP contribution in [0.4, 0.5) is 0 Å². The molecule has 0 saturated carbocycles. The third-order valence-corrected chi connectivity index (χ3v) is 14.3. The molecule has 0 bridgehead atoms. The van der Waals surface area contributed by atoms with Gasteiger partial charge in [-0.2, -0.15) is 23.5 Å². The zero-order valence-corrected chi connectivity index (χ0v) is 48.5. The van der Waals surface area contributed by atoms with Crippen LogP contribution in [0.5, 0.6) is 11.5 Å². The highest BCUT2D eigenvalue weighted by Gasteiger charge is 2.35. The second-order valence-electron chi connectivity index (χ2n) is 19.9. The molecule has 2 aromatic carbocycles. The van der Waals surface area contributed by atoms with Crippen LogP contribution in [-0.4, -0.2) is 178 Å². The van der Waals surface area contributed by atoms with E-state index in [4.69, 9.17) is 22.9 Å². The number of carboxylic acids is 1. The number of nitrogens with one attached hydrogen (secondary N) is 8. The molecule has 0 unspecified atom stereocenters. The zero-order valence-electron chi connectivity index (χ0n) is 46.9. The number of carbonyl (C=O) groups excluding carboxylic acids is 8. The number of unbranched alkanes of at least 4 members (excludes halogenated alkanes) is 3. The molecule has 25 nitrogen and oxygen atoms in total. The van der Waals surface area contributed by atoms with Crippen LogP contribution in [0.3, 0.4) is 0 Å². The molecule has 2 aromatic rings. The molecule has 0 radical (unpaired) electrons.